The Bertz CT molecular complexity index is 1090. The number of aliphatic hydroxyl groups excluding tert-OH is 1. The van der Waals surface area contributed by atoms with Crippen molar-refractivity contribution < 1.29 is 9.90 Å². The van der Waals surface area contributed by atoms with Gasteiger partial charge in [-0.3, -0.25) is 9.78 Å². The van der Waals surface area contributed by atoms with Crippen LogP contribution in [0.4, 0.5) is 5.82 Å². The number of hydrogen-bond donors (Lipinski definition) is 1. The second kappa shape index (κ2) is 9.72. The highest BCUT2D eigenvalue weighted by molar-refractivity contribution is 5.77. The summed E-state index contributed by atoms with van der Waals surface area (Å²) >= 11 is 0. The molecule has 1 aliphatic heterocycles. The molecule has 0 radical (unpaired) electrons. The molecule has 2 fully saturated rings. The van der Waals surface area contributed by atoms with E-state index in [1.165, 1.54) is 0 Å². The number of nitrogens with zero attached hydrogens (tertiary/aromatic N) is 5. The molecule has 4 rings (SSSR count). The third-order valence-electron chi connectivity index (χ3n) is 6.55. The molecule has 1 saturated carbocycles. The molecule has 3 heterocycles. The van der Waals surface area contributed by atoms with Gasteiger partial charge in [-0.1, -0.05) is 20.4 Å². The predicted octanol–water partition coefficient (Wildman–Crippen LogP) is 3.59. The number of hydrogen-bond acceptors (Lipinski definition) is 6. The van der Waals surface area contributed by atoms with Gasteiger partial charge in [-0.15, -0.1) is 0 Å². The number of amides is 1. The van der Waals surface area contributed by atoms with E-state index in [1.807, 2.05) is 23.1 Å². The second-order valence-electron chi connectivity index (χ2n) is 9.17. The molecule has 1 aliphatic carbocycles. The summed E-state index contributed by atoms with van der Waals surface area (Å²) in [7, 11) is 0. The number of nitriles is 1. The van der Waals surface area contributed by atoms with E-state index in [0.717, 1.165) is 35.4 Å². The van der Waals surface area contributed by atoms with Crippen LogP contribution in [0, 0.1) is 17.2 Å². The van der Waals surface area contributed by atoms with Crippen molar-refractivity contribution in [1.29, 1.82) is 5.26 Å². The average Bonchev–Trinajstić information content (AvgIpc) is 3.68. The van der Waals surface area contributed by atoms with Gasteiger partial charge in [0.15, 0.2) is 0 Å². The Morgan fingerprint density at radius 2 is 2.15 bits per heavy atom. The lowest BCUT2D eigenvalue weighted by Crippen LogP contribution is -2.57. The van der Waals surface area contributed by atoms with Gasteiger partial charge in [-0.2, -0.15) is 5.26 Å². The number of aliphatic hydroxyl groups is 1. The van der Waals surface area contributed by atoms with Crippen LogP contribution in [0.3, 0.4) is 0 Å². The topological polar surface area (TPSA) is 93.4 Å². The number of carbonyl (C=O) groups is 1. The molecule has 1 unspecified atom stereocenters. The van der Waals surface area contributed by atoms with E-state index in [1.54, 1.807) is 12.3 Å². The van der Waals surface area contributed by atoms with Gasteiger partial charge in [0.2, 0.25) is 5.91 Å². The monoisotopic (exact) mass is 445 g/mol. The van der Waals surface area contributed by atoms with Crippen molar-refractivity contribution in [2.24, 2.45) is 5.92 Å². The van der Waals surface area contributed by atoms with Crippen molar-refractivity contribution in [3.8, 4) is 17.2 Å². The minimum Gasteiger partial charge on any atom is -0.396 e. The molecule has 1 N–H and O–H groups in total. The molecule has 1 atom stereocenters. The predicted molar refractivity (Wildman–Crippen MR) is 129 cm³/mol. The van der Waals surface area contributed by atoms with Crippen LogP contribution in [-0.4, -0.2) is 58.2 Å². The summed E-state index contributed by atoms with van der Waals surface area (Å²) < 4.78 is 0. The van der Waals surface area contributed by atoms with E-state index in [0.29, 0.717) is 36.9 Å². The van der Waals surface area contributed by atoms with Gasteiger partial charge < -0.3 is 14.9 Å². The van der Waals surface area contributed by atoms with Crippen molar-refractivity contribution in [3.63, 3.8) is 0 Å². The fourth-order valence-corrected chi connectivity index (χ4v) is 4.59. The molecule has 7 heteroatoms. The molecule has 2 aromatic heterocycles. The van der Waals surface area contributed by atoms with Gasteiger partial charge in [0, 0.05) is 43.7 Å². The first-order chi connectivity index (χ1) is 16.0. The maximum Gasteiger partial charge on any atom is 0.225 e. The summed E-state index contributed by atoms with van der Waals surface area (Å²) in [6.07, 6.45) is 5.82. The summed E-state index contributed by atoms with van der Waals surface area (Å²) in [5.74, 6) is 1.34. The zero-order chi connectivity index (χ0) is 23.5. The number of piperazine rings is 1. The van der Waals surface area contributed by atoms with Gasteiger partial charge >= 0.3 is 0 Å². The third kappa shape index (κ3) is 4.76. The number of carbonyl (C=O) groups excluding carboxylic acids is 1. The highest BCUT2D eigenvalue weighted by atomic mass is 16.3. The lowest BCUT2D eigenvalue weighted by molar-refractivity contribution is -0.135. The number of aromatic nitrogens is 2. The van der Waals surface area contributed by atoms with E-state index in [-0.39, 0.29) is 30.9 Å². The highest BCUT2D eigenvalue weighted by Gasteiger charge is 2.35. The van der Waals surface area contributed by atoms with E-state index in [2.05, 4.69) is 36.4 Å². The summed E-state index contributed by atoms with van der Waals surface area (Å²) in [5, 5.41) is 19.2. The zero-order valence-corrected chi connectivity index (χ0v) is 19.4. The molecule has 1 saturated heterocycles. The first-order valence-corrected chi connectivity index (χ1v) is 11.7. The Labute approximate surface area is 195 Å². The second-order valence-corrected chi connectivity index (χ2v) is 9.17. The largest absolute Gasteiger partial charge is 0.396 e. The minimum atomic E-state index is -0.140. The van der Waals surface area contributed by atoms with Crippen molar-refractivity contribution in [3.05, 3.63) is 47.9 Å². The van der Waals surface area contributed by atoms with Gasteiger partial charge in [0.1, 0.15) is 11.9 Å². The van der Waals surface area contributed by atoms with Crippen LogP contribution in [0.15, 0.2) is 31.0 Å². The SMILES string of the molecule is C=Cc1cc(-c2cc(C#N)c(N3CCN(C(=O)CCO)C(C(C)C)C3)nc2C2CC2)ccn1. The quantitative estimate of drug-likeness (QED) is 0.700. The fraction of sp³-hybridized carbons (Fsp3) is 0.462. The van der Waals surface area contributed by atoms with Gasteiger partial charge in [0.25, 0.3) is 0 Å². The summed E-state index contributed by atoms with van der Waals surface area (Å²) in [6.45, 7) is 9.67. The first kappa shape index (κ1) is 22.9. The molecule has 2 aliphatic rings. The Hall–Kier alpha value is -3.24. The molecule has 1 amide bonds. The van der Waals surface area contributed by atoms with Gasteiger partial charge in [-0.05, 0) is 48.6 Å². The van der Waals surface area contributed by atoms with Crippen molar-refractivity contribution in [2.45, 2.75) is 45.1 Å². The van der Waals surface area contributed by atoms with E-state index in [9.17, 15) is 15.2 Å². The first-order valence-electron chi connectivity index (χ1n) is 11.7. The Morgan fingerprint density at radius 1 is 1.36 bits per heavy atom. The zero-order valence-electron chi connectivity index (χ0n) is 19.4. The molecular formula is C26H31N5O2. The summed E-state index contributed by atoms with van der Waals surface area (Å²) in [5.41, 5.74) is 4.35. The van der Waals surface area contributed by atoms with Crippen LogP contribution in [0.1, 0.15) is 56.0 Å². The number of anilines is 1. The summed E-state index contributed by atoms with van der Waals surface area (Å²) in [4.78, 5) is 26.0. The Morgan fingerprint density at radius 3 is 2.79 bits per heavy atom. The van der Waals surface area contributed by atoms with Crippen LogP contribution < -0.4 is 4.90 Å². The normalized spacial score (nSPS) is 18.3. The average molecular weight is 446 g/mol. The van der Waals surface area contributed by atoms with Crippen molar-refractivity contribution in [1.82, 2.24) is 14.9 Å². The van der Waals surface area contributed by atoms with E-state index < -0.39 is 0 Å². The summed E-state index contributed by atoms with van der Waals surface area (Å²) in [6, 6.07) is 8.27. The maximum atomic E-state index is 12.6. The van der Waals surface area contributed by atoms with Crippen LogP contribution in [0.5, 0.6) is 0 Å². The molecule has 2 aromatic rings. The molecule has 0 bridgehead atoms. The van der Waals surface area contributed by atoms with Gasteiger partial charge in [0.05, 0.1) is 29.6 Å². The van der Waals surface area contributed by atoms with Crippen molar-refractivity contribution in [2.75, 3.05) is 31.1 Å². The lowest BCUT2D eigenvalue weighted by Gasteiger charge is -2.44. The fourth-order valence-electron chi connectivity index (χ4n) is 4.59. The van der Waals surface area contributed by atoms with Gasteiger partial charge in [-0.25, -0.2) is 4.98 Å². The Kier molecular flexibility index (Phi) is 6.75. The highest BCUT2D eigenvalue weighted by Crippen LogP contribution is 2.45. The van der Waals surface area contributed by atoms with Crippen LogP contribution >= 0.6 is 0 Å². The molecule has 0 spiro atoms. The number of pyridine rings is 2. The van der Waals surface area contributed by atoms with Crippen LogP contribution in [0.25, 0.3) is 17.2 Å². The Balaban J connectivity index is 1.71. The molecule has 33 heavy (non-hydrogen) atoms. The van der Waals surface area contributed by atoms with E-state index in [4.69, 9.17) is 4.98 Å². The van der Waals surface area contributed by atoms with Crippen LogP contribution in [0.2, 0.25) is 0 Å². The number of rotatable bonds is 7. The minimum absolute atomic E-state index is 0.00513. The molecule has 0 aromatic carbocycles. The lowest BCUT2D eigenvalue weighted by atomic mass is 9.97. The third-order valence-corrected chi connectivity index (χ3v) is 6.55. The molecule has 172 valence electrons. The maximum absolute atomic E-state index is 12.6. The smallest absolute Gasteiger partial charge is 0.225 e. The molecular weight excluding hydrogens is 414 g/mol. The standard InChI is InChI=1S/C26H31N5O2/c1-4-21-13-19(7-9-28-21)22-14-20(15-27)26(29-25(22)18-5-6-18)30-10-11-31(24(33)8-12-32)23(16-30)17(2)3/h4,7,9,13-14,17-18,23,32H,1,5-6,8,10-12,16H2,2-3H3. The molecule has 7 nitrogen and oxygen atoms in total. The van der Waals surface area contributed by atoms with Crippen LogP contribution in [-0.2, 0) is 4.79 Å². The van der Waals surface area contributed by atoms with Crippen molar-refractivity contribution >= 4 is 17.8 Å². The van der Waals surface area contributed by atoms with E-state index >= 15 is 0 Å².